The molecule has 4 heteroatoms. The number of carboxylic acid groups (broad SMARTS) is 1. The van der Waals surface area contributed by atoms with Crippen molar-refractivity contribution in [2.75, 3.05) is 13.1 Å². The number of carboxylic acids is 1. The number of hydrogen-bond donors (Lipinski definition) is 2. The molecule has 21 heavy (non-hydrogen) atoms. The molecule has 1 heterocycles. The smallest absolute Gasteiger partial charge is 0.306 e. The number of hydrogen-bond acceptors (Lipinski definition) is 3. The van der Waals surface area contributed by atoms with E-state index in [1.807, 2.05) is 0 Å². The maximum Gasteiger partial charge on any atom is 0.306 e. The molecular formula is C17H23NO3. The highest BCUT2D eigenvalue weighted by Gasteiger charge is 2.37. The van der Waals surface area contributed by atoms with Gasteiger partial charge in [-0.1, -0.05) is 24.3 Å². The maximum absolute atomic E-state index is 11.0. The van der Waals surface area contributed by atoms with Crippen molar-refractivity contribution in [3.8, 4) is 0 Å². The molecule has 1 aromatic rings. The van der Waals surface area contributed by atoms with Crippen molar-refractivity contribution < 1.29 is 15.0 Å². The number of benzene rings is 1. The molecule has 1 aromatic carbocycles. The first-order chi connectivity index (χ1) is 10.1. The number of fused-ring (bicyclic) bond motifs is 1. The van der Waals surface area contributed by atoms with Crippen molar-refractivity contribution in [2.45, 2.75) is 44.2 Å². The Morgan fingerprint density at radius 3 is 2.57 bits per heavy atom. The molecule has 0 saturated heterocycles. The second-order valence-electron chi connectivity index (χ2n) is 6.57. The first-order valence-corrected chi connectivity index (χ1v) is 7.80. The lowest BCUT2D eigenvalue weighted by molar-refractivity contribution is -0.145. The second-order valence-corrected chi connectivity index (χ2v) is 6.57. The minimum absolute atomic E-state index is 0.271. The minimum Gasteiger partial charge on any atom is -0.481 e. The zero-order chi connectivity index (χ0) is 14.9. The molecule has 3 rings (SSSR count). The highest BCUT2D eigenvalue weighted by molar-refractivity contribution is 5.70. The van der Waals surface area contributed by atoms with Gasteiger partial charge in [0, 0.05) is 19.6 Å². The second kappa shape index (κ2) is 5.78. The summed E-state index contributed by atoms with van der Waals surface area (Å²) >= 11 is 0. The molecular weight excluding hydrogens is 266 g/mol. The third kappa shape index (κ3) is 3.27. The summed E-state index contributed by atoms with van der Waals surface area (Å²) in [6.07, 6.45) is 3.42. The number of aliphatic hydroxyl groups is 1. The average Bonchev–Trinajstić information content (AvgIpc) is 2.47. The fourth-order valence-corrected chi connectivity index (χ4v) is 3.67. The van der Waals surface area contributed by atoms with Crippen LogP contribution in [0.5, 0.6) is 0 Å². The van der Waals surface area contributed by atoms with Gasteiger partial charge in [-0.15, -0.1) is 0 Å². The van der Waals surface area contributed by atoms with Crippen LogP contribution in [-0.2, 0) is 17.8 Å². The zero-order valence-electron chi connectivity index (χ0n) is 12.3. The van der Waals surface area contributed by atoms with E-state index < -0.39 is 11.6 Å². The Balaban J connectivity index is 1.59. The van der Waals surface area contributed by atoms with E-state index in [9.17, 15) is 9.90 Å². The van der Waals surface area contributed by atoms with E-state index in [1.54, 1.807) is 0 Å². The summed E-state index contributed by atoms with van der Waals surface area (Å²) in [4.78, 5) is 13.3. The number of carbonyl (C=O) groups is 1. The Morgan fingerprint density at radius 1 is 1.24 bits per heavy atom. The molecule has 2 aliphatic rings. The molecule has 1 aliphatic carbocycles. The molecule has 0 radical (unpaired) electrons. The zero-order valence-corrected chi connectivity index (χ0v) is 12.3. The lowest BCUT2D eigenvalue weighted by Gasteiger charge is -2.40. The number of rotatable bonds is 3. The standard InChI is InChI=1S/C17H23NO3/c19-16(20)14-5-8-17(21,9-6-14)12-18-10-7-13-3-1-2-4-15(13)11-18/h1-4,14,21H,5-12H2,(H,19,20). The molecule has 1 saturated carbocycles. The number of aliphatic carboxylic acids is 1. The molecule has 0 spiro atoms. The van der Waals surface area contributed by atoms with Gasteiger partial charge >= 0.3 is 5.97 Å². The summed E-state index contributed by atoms with van der Waals surface area (Å²) in [5.74, 6) is -0.990. The molecule has 2 N–H and O–H groups in total. The van der Waals surface area contributed by atoms with Crippen molar-refractivity contribution in [3.63, 3.8) is 0 Å². The van der Waals surface area contributed by atoms with Crippen molar-refractivity contribution in [3.05, 3.63) is 35.4 Å². The van der Waals surface area contributed by atoms with Crippen LogP contribution in [0.2, 0.25) is 0 Å². The summed E-state index contributed by atoms with van der Waals surface area (Å²) in [5, 5.41) is 19.8. The van der Waals surface area contributed by atoms with E-state index in [0.29, 0.717) is 32.2 Å². The SMILES string of the molecule is O=C(O)C1CCC(O)(CN2CCc3ccccc3C2)CC1. The molecule has 114 valence electrons. The highest BCUT2D eigenvalue weighted by Crippen LogP contribution is 2.33. The van der Waals surface area contributed by atoms with Gasteiger partial charge in [0.25, 0.3) is 0 Å². The van der Waals surface area contributed by atoms with Crippen LogP contribution in [0.1, 0.15) is 36.8 Å². The van der Waals surface area contributed by atoms with Crippen molar-refractivity contribution in [2.24, 2.45) is 5.92 Å². The molecule has 1 aliphatic heterocycles. The maximum atomic E-state index is 11.0. The van der Waals surface area contributed by atoms with Gasteiger partial charge in [0.1, 0.15) is 0 Å². The third-order valence-corrected chi connectivity index (χ3v) is 4.99. The van der Waals surface area contributed by atoms with Gasteiger partial charge in [-0.2, -0.15) is 0 Å². The first-order valence-electron chi connectivity index (χ1n) is 7.80. The van der Waals surface area contributed by atoms with E-state index in [0.717, 1.165) is 19.5 Å². The first kappa shape index (κ1) is 14.5. The summed E-state index contributed by atoms with van der Waals surface area (Å²) in [5.41, 5.74) is 2.06. The molecule has 0 amide bonds. The molecule has 0 aromatic heterocycles. The Kier molecular flexibility index (Phi) is 4.00. The van der Waals surface area contributed by atoms with Gasteiger partial charge in [0.05, 0.1) is 11.5 Å². The van der Waals surface area contributed by atoms with Crippen LogP contribution in [0.15, 0.2) is 24.3 Å². The molecule has 0 unspecified atom stereocenters. The largest absolute Gasteiger partial charge is 0.481 e. The van der Waals surface area contributed by atoms with Crippen LogP contribution >= 0.6 is 0 Å². The quantitative estimate of drug-likeness (QED) is 0.894. The third-order valence-electron chi connectivity index (χ3n) is 4.99. The van der Waals surface area contributed by atoms with Gasteiger partial charge in [-0.05, 0) is 43.2 Å². The van der Waals surface area contributed by atoms with Crippen molar-refractivity contribution >= 4 is 5.97 Å². The normalized spacial score (nSPS) is 29.9. The van der Waals surface area contributed by atoms with Gasteiger partial charge in [0.2, 0.25) is 0 Å². The molecule has 0 bridgehead atoms. The predicted molar refractivity (Wildman–Crippen MR) is 80.0 cm³/mol. The Hall–Kier alpha value is -1.39. The lowest BCUT2D eigenvalue weighted by Crippen LogP contribution is -2.47. The molecule has 0 atom stereocenters. The van der Waals surface area contributed by atoms with E-state index in [2.05, 4.69) is 29.2 Å². The van der Waals surface area contributed by atoms with Crippen LogP contribution in [0.25, 0.3) is 0 Å². The predicted octanol–water partition coefficient (Wildman–Crippen LogP) is 2.05. The summed E-state index contributed by atoms with van der Waals surface area (Å²) in [6.45, 7) is 2.52. The lowest BCUT2D eigenvalue weighted by atomic mass is 9.78. The molecule has 1 fully saturated rings. The Morgan fingerprint density at radius 2 is 1.90 bits per heavy atom. The van der Waals surface area contributed by atoms with Gasteiger partial charge in [-0.25, -0.2) is 0 Å². The Labute approximate surface area is 125 Å². The topological polar surface area (TPSA) is 60.8 Å². The van der Waals surface area contributed by atoms with Crippen LogP contribution in [0.3, 0.4) is 0 Å². The van der Waals surface area contributed by atoms with E-state index in [4.69, 9.17) is 5.11 Å². The highest BCUT2D eigenvalue weighted by atomic mass is 16.4. The molecule has 4 nitrogen and oxygen atoms in total. The van der Waals surface area contributed by atoms with Gasteiger partial charge < -0.3 is 10.2 Å². The van der Waals surface area contributed by atoms with E-state index in [1.165, 1.54) is 11.1 Å². The Bertz CT molecular complexity index is 521. The fraction of sp³-hybridized carbons (Fsp3) is 0.588. The van der Waals surface area contributed by atoms with Crippen LogP contribution in [-0.4, -0.2) is 39.8 Å². The van der Waals surface area contributed by atoms with Crippen LogP contribution in [0, 0.1) is 5.92 Å². The number of β-amino-alcohol motifs (C(OH)–C–C–N with tert-alkyl or cyclic N) is 1. The summed E-state index contributed by atoms with van der Waals surface area (Å²) < 4.78 is 0. The minimum atomic E-state index is -0.719. The number of nitrogens with zero attached hydrogens (tertiary/aromatic N) is 1. The van der Waals surface area contributed by atoms with Gasteiger partial charge in [0.15, 0.2) is 0 Å². The van der Waals surface area contributed by atoms with E-state index >= 15 is 0 Å². The van der Waals surface area contributed by atoms with Crippen LogP contribution in [0.4, 0.5) is 0 Å². The average molecular weight is 289 g/mol. The monoisotopic (exact) mass is 289 g/mol. The van der Waals surface area contributed by atoms with Gasteiger partial charge in [-0.3, -0.25) is 9.69 Å². The van der Waals surface area contributed by atoms with Crippen molar-refractivity contribution in [1.82, 2.24) is 4.90 Å². The van der Waals surface area contributed by atoms with Crippen molar-refractivity contribution in [1.29, 1.82) is 0 Å². The summed E-state index contributed by atoms with van der Waals surface area (Å²) in [6, 6.07) is 8.48. The van der Waals surface area contributed by atoms with E-state index in [-0.39, 0.29) is 5.92 Å². The van der Waals surface area contributed by atoms with Crippen LogP contribution < -0.4 is 0 Å². The summed E-state index contributed by atoms with van der Waals surface area (Å²) in [7, 11) is 0. The fourth-order valence-electron chi connectivity index (χ4n) is 3.67.